The molecule has 0 atom stereocenters. The zero-order valence-corrected chi connectivity index (χ0v) is 23.7. The number of aromatic nitrogens is 1. The lowest BCUT2D eigenvalue weighted by Gasteiger charge is -2.57. The van der Waals surface area contributed by atoms with Gasteiger partial charge in [0.2, 0.25) is 0 Å². The predicted octanol–water partition coefficient (Wildman–Crippen LogP) is 7.46. The van der Waals surface area contributed by atoms with Crippen LogP contribution in [0.5, 0.6) is 5.75 Å². The summed E-state index contributed by atoms with van der Waals surface area (Å²) >= 11 is 1.38. The number of rotatable bonds is 5. The topological polar surface area (TPSA) is 55.6 Å². The van der Waals surface area contributed by atoms with E-state index in [1.165, 1.54) is 56.0 Å². The quantitative estimate of drug-likeness (QED) is 0.344. The minimum atomic E-state index is -0.114. The molecule has 4 saturated carbocycles. The van der Waals surface area contributed by atoms with Gasteiger partial charge in [-0.3, -0.25) is 4.79 Å². The highest BCUT2D eigenvalue weighted by atomic mass is 32.2. The van der Waals surface area contributed by atoms with Crippen LogP contribution >= 0.6 is 11.8 Å². The van der Waals surface area contributed by atoms with Gasteiger partial charge in [0.15, 0.2) is 5.17 Å². The third-order valence-electron chi connectivity index (χ3n) is 9.49. The second kappa shape index (κ2) is 9.44. The molecule has 5 fully saturated rings. The molecule has 4 aliphatic carbocycles. The fourth-order valence-electron chi connectivity index (χ4n) is 8.16. The first kappa shape index (κ1) is 24.8. The molecule has 6 heteroatoms. The van der Waals surface area contributed by atoms with E-state index in [1.807, 2.05) is 30.3 Å². The second-order valence-electron chi connectivity index (χ2n) is 12.1. The molecule has 2 heterocycles. The van der Waals surface area contributed by atoms with Crippen LogP contribution in [0.15, 0.2) is 64.5 Å². The van der Waals surface area contributed by atoms with Crippen LogP contribution in [-0.4, -0.2) is 22.8 Å². The third kappa shape index (κ3) is 4.43. The number of hydrogen-bond donors (Lipinski definition) is 1. The summed E-state index contributed by atoms with van der Waals surface area (Å²) in [4.78, 5) is 18.0. The second-order valence-corrected chi connectivity index (χ2v) is 13.1. The summed E-state index contributed by atoms with van der Waals surface area (Å²) in [5.74, 6) is 3.52. The van der Waals surface area contributed by atoms with Gasteiger partial charge in [0.25, 0.3) is 5.91 Å². The number of hydrogen-bond acceptors (Lipinski definition) is 4. The lowest BCUT2D eigenvalue weighted by molar-refractivity contribution is -0.115. The van der Waals surface area contributed by atoms with Crippen LogP contribution in [0, 0.1) is 31.6 Å². The Morgan fingerprint density at radius 3 is 2.23 bits per heavy atom. The Kier molecular flexibility index (Phi) is 6.00. The molecule has 0 spiro atoms. The summed E-state index contributed by atoms with van der Waals surface area (Å²) in [6, 6.07) is 19.1. The molecule has 4 bridgehead atoms. The van der Waals surface area contributed by atoms with E-state index in [9.17, 15) is 4.79 Å². The highest BCUT2D eigenvalue weighted by Crippen LogP contribution is 2.60. The first-order valence-electron chi connectivity index (χ1n) is 14.1. The van der Waals surface area contributed by atoms with Crippen LogP contribution in [0.4, 0.5) is 5.69 Å². The van der Waals surface area contributed by atoms with Crippen molar-refractivity contribution >= 4 is 34.6 Å². The summed E-state index contributed by atoms with van der Waals surface area (Å²) in [5.41, 5.74) is 7.29. The summed E-state index contributed by atoms with van der Waals surface area (Å²) in [6.07, 6.45) is 10.6. The van der Waals surface area contributed by atoms with Gasteiger partial charge in [0, 0.05) is 17.1 Å². The van der Waals surface area contributed by atoms with Gasteiger partial charge in [-0.2, -0.15) is 0 Å². The molecule has 1 aromatic heterocycles. The fourth-order valence-corrected chi connectivity index (χ4v) is 8.99. The maximum atomic E-state index is 12.7. The highest BCUT2D eigenvalue weighted by molar-refractivity contribution is 8.18. The van der Waals surface area contributed by atoms with Crippen LogP contribution in [-0.2, 0) is 10.2 Å². The molecule has 200 valence electrons. The van der Waals surface area contributed by atoms with Crippen molar-refractivity contribution in [1.82, 2.24) is 9.88 Å². The summed E-state index contributed by atoms with van der Waals surface area (Å²) in [7, 11) is 1.64. The van der Waals surface area contributed by atoms with E-state index in [4.69, 9.17) is 4.74 Å². The Hall–Kier alpha value is -3.25. The molecular formula is C33H35N3O2S. The molecule has 5 nitrogen and oxygen atoms in total. The maximum Gasteiger partial charge on any atom is 0.264 e. The van der Waals surface area contributed by atoms with Crippen LogP contribution < -0.4 is 10.1 Å². The fraction of sp³-hybridized carbons (Fsp3) is 0.394. The molecule has 8 rings (SSSR count). The normalized spacial score (nSPS) is 29.4. The molecule has 39 heavy (non-hydrogen) atoms. The SMILES string of the molecule is COc1ccc(N=C2NC(=O)/C(=C/c3cc(C)n(-c4ccc(C56CC7CC(CC(C7)C5)C6)cc4)c3C)S2)cc1. The first-order chi connectivity index (χ1) is 18.9. The monoisotopic (exact) mass is 537 g/mol. The Labute approximate surface area is 234 Å². The van der Waals surface area contributed by atoms with Crippen molar-refractivity contribution < 1.29 is 9.53 Å². The van der Waals surface area contributed by atoms with Crippen molar-refractivity contribution in [3.05, 3.63) is 82.0 Å². The van der Waals surface area contributed by atoms with Crippen LogP contribution in [0.1, 0.15) is 61.0 Å². The van der Waals surface area contributed by atoms with Crippen LogP contribution in [0.25, 0.3) is 11.8 Å². The third-order valence-corrected chi connectivity index (χ3v) is 10.4. The Morgan fingerprint density at radius 1 is 0.974 bits per heavy atom. The van der Waals surface area contributed by atoms with Gasteiger partial charge >= 0.3 is 0 Å². The average Bonchev–Trinajstić information content (AvgIpc) is 3.40. The van der Waals surface area contributed by atoms with E-state index in [0.717, 1.165) is 46.1 Å². The molecule has 1 saturated heterocycles. The average molecular weight is 538 g/mol. The molecule has 0 radical (unpaired) electrons. The number of carbonyl (C=O) groups excluding carboxylic acids is 1. The minimum Gasteiger partial charge on any atom is -0.497 e. The Morgan fingerprint density at radius 2 is 1.62 bits per heavy atom. The number of amidine groups is 1. The number of benzene rings is 2. The van der Waals surface area contributed by atoms with Crippen LogP contribution in [0.3, 0.4) is 0 Å². The van der Waals surface area contributed by atoms with Gasteiger partial charge in [-0.15, -0.1) is 0 Å². The number of aryl methyl sites for hydroxylation is 1. The van der Waals surface area contributed by atoms with Crippen LogP contribution in [0.2, 0.25) is 0 Å². The zero-order chi connectivity index (χ0) is 26.7. The smallest absolute Gasteiger partial charge is 0.264 e. The Bertz CT molecular complexity index is 1460. The number of nitrogens with zero attached hydrogens (tertiary/aromatic N) is 2. The van der Waals surface area contributed by atoms with E-state index in [2.05, 4.69) is 59.1 Å². The number of aliphatic imine (C=N–C) groups is 1. The number of amides is 1. The molecule has 1 aliphatic heterocycles. The number of nitrogens with one attached hydrogen (secondary N) is 1. The van der Waals surface area contributed by atoms with Gasteiger partial charge in [-0.05, 0) is 147 Å². The van der Waals surface area contributed by atoms with E-state index in [1.54, 1.807) is 12.7 Å². The molecule has 5 aliphatic rings. The van der Waals surface area contributed by atoms with Crippen molar-refractivity contribution in [3.8, 4) is 11.4 Å². The lowest BCUT2D eigenvalue weighted by Crippen LogP contribution is -2.48. The molecule has 0 unspecified atom stereocenters. The predicted molar refractivity (Wildman–Crippen MR) is 159 cm³/mol. The number of methoxy groups -OCH3 is 1. The van der Waals surface area contributed by atoms with Gasteiger partial charge in [0.05, 0.1) is 17.7 Å². The van der Waals surface area contributed by atoms with Gasteiger partial charge in [0.1, 0.15) is 5.75 Å². The van der Waals surface area contributed by atoms with Crippen molar-refractivity contribution in [2.75, 3.05) is 7.11 Å². The maximum absolute atomic E-state index is 12.7. The minimum absolute atomic E-state index is 0.114. The van der Waals surface area contributed by atoms with E-state index in [-0.39, 0.29) is 5.91 Å². The largest absolute Gasteiger partial charge is 0.497 e. The highest BCUT2D eigenvalue weighted by Gasteiger charge is 2.51. The molecule has 2 aromatic carbocycles. The summed E-state index contributed by atoms with van der Waals surface area (Å²) < 4.78 is 7.52. The molecule has 1 N–H and O–H groups in total. The molecular weight excluding hydrogens is 502 g/mol. The van der Waals surface area contributed by atoms with E-state index < -0.39 is 0 Å². The van der Waals surface area contributed by atoms with Crippen molar-refractivity contribution in [3.63, 3.8) is 0 Å². The molecule has 3 aromatic rings. The standard InChI is InChI=1S/C33H35N3O2S/c1-20-12-25(16-30-31(37)35-32(39-30)34-27-6-10-29(38-3)11-7-27)21(2)36(20)28-8-4-26(5-9-28)33-17-22-13-23(18-33)15-24(14-22)19-33/h4-12,16,22-24H,13-15,17-19H2,1-3H3,(H,34,35,37)/b30-16-. The first-order valence-corrected chi connectivity index (χ1v) is 14.9. The van der Waals surface area contributed by atoms with E-state index in [0.29, 0.717) is 15.5 Å². The van der Waals surface area contributed by atoms with Crippen molar-refractivity contribution in [2.45, 2.75) is 57.8 Å². The molecule has 1 amide bonds. The summed E-state index contributed by atoms with van der Waals surface area (Å²) in [6.45, 7) is 4.27. The number of carbonyl (C=O) groups is 1. The number of thioether (sulfide) groups is 1. The zero-order valence-electron chi connectivity index (χ0n) is 22.9. The Balaban J connectivity index is 1.12. The van der Waals surface area contributed by atoms with Gasteiger partial charge < -0.3 is 14.6 Å². The van der Waals surface area contributed by atoms with Crippen molar-refractivity contribution in [1.29, 1.82) is 0 Å². The van der Waals surface area contributed by atoms with Gasteiger partial charge in [-0.1, -0.05) is 12.1 Å². The van der Waals surface area contributed by atoms with Gasteiger partial charge in [-0.25, -0.2) is 4.99 Å². The van der Waals surface area contributed by atoms with E-state index >= 15 is 0 Å². The summed E-state index contributed by atoms with van der Waals surface area (Å²) in [5, 5.41) is 3.49. The van der Waals surface area contributed by atoms with Crippen molar-refractivity contribution in [2.24, 2.45) is 22.7 Å². The number of ether oxygens (including phenoxy) is 1. The lowest BCUT2D eigenvalue weighted by atomic mass is 9.48.